The van der Waals surface area contributed by atoms with Gasteiger partial charge >= 0.3 is 0 Å². The number of carbonyl (C=O) groups excluding carboxylic acids is 1. The number of thiazole rings is 1. The van der Waals surface area contributed by atoms with Crippen molar-refractivity contribution in [2.75, 3.05) is 12.4 Å². The van der Waals surface area contributed by atoms with Crippen molar-refractivity contribution in [2.24, 2.45) is 7.05 Å². The molecular formula is C19H16N6O2S. The first-order valence-electron chi connectivity index (χ1n) is 8.38. The predicted molar refractivity (Wildman–Crippen MR) is 106 cm³/mol. The Labute approximate surface area is 164 Å². The van der Waals surface area contributed by atoms with Gasteiger partial charge in [0.25, 0.3) is 5.91 Å². The van der Waals surface area contributed by atoms with E-state index in [1.54, 1.807) is 18.3 Å². The smallest absolute Gasteiger partial charge is 0.277 e. The van der Waals surface area contributed by atoms with Crippen molar-refractivity contribution in [3.05, 3.63) is 60.6 Å². The van der Waals surface area contributed by atoms with E-state index in [1.165, 1.54) is 18.4 Å². The Morgan fingerprint density at radius 1 is 1.14 bits per heavy atom. The summed E-state index contributed by atoms with van der Waals surface area (Å²) in [6, 6.07) is 12.9. The molecule has 0 aliphatic heterocycles. The van der Waals surface area contributed by atoms with Crippen molar-refractivity contribution < 1.29 is 9.53 Å². The fourth-order valence-electron chi connectivity index (χ4n) is 2.61. The summed E-state index contributed by atoms with van der Waals surface area (Å²) >= 11 is 1.36. The Bertz CT molecular complexity index is 1110. The van der Waals surface area contributed by atoms with Crippen LogP contribution in [0.3, 0.4) is 0 Å². The molecule has 3 heterocycles. The standard InChI is InChI=1S/C19H16N6O2S/c1-25-11-10-20-17(25)16-15(12-6-4-3-5-7-12)21-19(28-16)22-18(26)13-8-9-14(27-2)24-23-13/h3-11H,1-2H3,(H,21,22,26). The Morgan fingerprint density at radius 3 is 2.61 bits per heavy atom. The lowest BCUT2D eigenvalue weighted by molar-refractivity contribution is 0.102. The molecule has 3 aromatic heterocycles. The van der Waals surface area contributed by atoms with E-state index in [4.69, 9.17) is 4.74 Å². The summed E-state index contributed by atoms with van der Waals surface area (Å²) in [6.45, 7) is 0. The van der Waals surface area contributed by atoms with Crippen molar-refractivity contribution in [3.63, 3.8) is 0 Å². The van der Waals surface area contributed by atoms with Crippen molar-refractivity contribution in [3.8, 4) is 27.8 Å². The Balaban J connectivity index is 1.69. The van der Waals surface area contributed by atoms with Gasteiger partial charge in [0.2, 0.25) is 5.88 Å². The van der Waals surface area contributed by atoms with E-state index in [-0.39, 0.29) is 5.69 Å². The van der Waals surface area contributed by atoms with Gasteiger partial charge in [-0.15, -0.1) is 10.2 Å². The summed E-state index contributed by atoms with van der Waals surface area (Å²) < 4.78 is 6.88. The quantitative estimate of drug-likeness (QED) is 0.560. The highest BCUT2D eigenvalue weighted by atomic mass is 32.1. The third-order valence-corrected chi connectivity index (χ3v) is 4.97. The zero-order valence-electron chi connectivity index (χ0n) is 15.2. The molecule has 9 heteroatoms. The van der Waals surface area contributed by atoms with Gasteiger partial charge in [0.15, 0.2) is 16.6 Å². The number of ether oxygens (including phenoxy) is 1. The number of carbonyl (C=O) groups is 1. The van der Waals surface area contributed by atoms with Crippen LogP contribution >= 0.6 is 11.3 Å². The van der Waals surface area contributed by atoms with E-state index in [0.29, 0.717) is 11.0 Å². The maximum Gasteiger partial charge on any atom is 0.277 e. The monoisotopic (exact) mass is 392 g/mol. The third kappa shape index (κ3) is 3.47. The molecule has 0 aliphatic carbocycles. The molecule has 0 aliphatic rings. The SMILES string of the molecule is COc1ccc(C(=O)Nc2nc(-c3ccccc3)c(-c3nccn3C)s2)nn1. The highest BCUT2D eigenvalue weighted by molar-refractivity contribution is 7.19. The van der Waals surface area contributed by atoms with E-state index < -0.39 is 5.91 Å². The highest BCUT2D eigenvalue weighted by Crippen LogP contribution is 2.38. The van der Waals surface area contributed by atoms with E-state index in [9.17, 15) is 4.79 Å². The average Bonchev–Trinajstić information content (AvgIpc) is 3.34. The number of amides is 1. The molecule has 0 saturated heterocycles. The van der Waals surface area contributed by atoms with Crippen LogP contribution in [-0.2, 0) is 7.05 Å². The van der Waals surface area contributed by atoms with Gasteiger partial charge in [0.05, 0.1) is 17.7 Å². The molecule has 1 aromatic carbocycles. The van der Waals surface area contributed by atoms with Gasteiger partial charge in [-0.2, -0.15) is 0 Å². The van der Waals surface area contributed by atoms with E-state index in [0.717, 1.165) is 22.0 Å². The largest absolute Gasteiger partial charge is 0.480 e. The Kier molecular flexibility index (Phi) is 4.81. The zero-order valence-corrected chi connectivity index (χ0v) is 16.0. The number of nitrogens with zero attached hydrogens (tertiary/aromatic N) is 5. The lowest BCUT2D eigenvalue weighted by atomic mass is 10.1. The average molecular weight is 392 g/mol. The van der Waals surface area contributed by atoms with Crippen LogP contribution in [0.4, 0.5) is 5.13 Å². The number of anilines is 1. The number of methoxy groups -OCH3 is 1. The van der Waals surface area contributed by atoms with Gasteiger partial charge < -0.3 is 9.30 Å². The number of benzene rings is 1. The van der Waals surface area contributed by atoms with E-state index >= 15 is 0 Å². The van der Waals surface area contributed by atoms with Gasteiger partial charge in [0, 0.05) is 31.1 Å². The van der Waals surface area contributed by atoms with Crippen molar-refractivity contribution in [1.82, 2.24) is 24.7 Å². The fraction of sp³-hybridized carbons (Fsp3) is 0.105. The predicted octanol–water partition coefficient (Wildman–Crippen LogP) is 3.26. The highest BCUT2D eigenvalue weighted by Gasteiger charge is 2.20. The maximum absolute atomic E-state index is 12.5. The van der Waals surface area contributed by atoms with Crippen molar-refractivity contribution >= 4 is 22.4 Å². The van der Waals surface area contributed by atoms with Crippen LogP contribution in [0.25, 0.3) is 22.0 Å². The van der Waals surface area contributed by atoms with E-state index in [1.807, 2.05) is 48.1 Å². The molecule has 28 heavy (non-hydrogen) atoms. The number of hydrogen-bond acceptors (Lipinski definition) is 7. The third-order valence-electron chi connectivity index (χ3n) is 4.00. The summed E-state index contributed by atoms with van der Waals surface area (Å²) in [5, 5.41) is 10.9. The lowest BCUT2D eigenvalue weighted by Gasteiger charge is -2.02. The molecule has 0 spiro atoms. The molecule has 1 amide bonds. The maximum atomic E-state index is 12.5. The summed E-state index contributed by atoms with van der Waals surface area (Å²) in [6.07, 6.45) is 3.60. The molecule has 0 saturated carbocycles. The first kappa shape index (κ1) is 17.8. The lowest BCUT2D eigenvalue weighted by Crippen LogP contribution is -2.14. The number of hydrogen-bond donors (Lipinski definition) is 1. The second-order valence-corrected chi connectivity index (χ2v) is 6.84. The molecule has 0 radical (unpaired) electrons. The van der Waals surface area contributed by atoms with Crippen LogP contribution in [0, 0.1) is 0 Å². The van der Waals surface area contributed by atoms with Crippen LogP contribution in [0.1, 0.15) is 10.5 Å². The molecule has 1 N–H and O–H groups in total. The Hall–Kier alpha value is -3.59. The summed E-state index contributed by atoms with van der Waals surface area (Å²) in [7, 11) is 3.41. The second kappa shape index (κ2) is 7.57. The normalized spacial score (nSPS) is 10.6. The molecule has 4 rings (SSSR count). The molecule has 8 nitrogen and oxygen atoms in total. The summed E-state index contributed by atoms with van der Waals surface area (Å²) in [4.78, 5) is 22.4. The molecule has 0 bridgehead atoms. The van der Waals surface area contributed by atoms with E-state index in [2.05, 4.69) is 25.5 Å². The first-order chi connectivity index (χ1) is 13.7. The minimum atomic E-state index is -0.394. The second-order valence-electron chi connectivity index (χ2n) is 5.84. The molecule has 0 fully saturated rings. The Morgan fingerprint density at radius 2 is 1.96 bits per heavy atom. The molecule has 4 aromatic rings. The van der Waals surface area contributed by atoms with Crippen LogP contribution in [0.5, 0.6) is 5.88 Å². The number of aryl methyl sites for hydroxylation is 1. The van der Waals surface area contributed by atoms with Gasteiger partial charge in [-0.3, -0.25) is 10.1 Å². The van der Waals surface area contributed by atoms with Crippen molar-refractivity contribution in [2.45, 2.75) is 0 Å². The van der Waals surface area contributed by atoms with Gasteiger partial charge in [-0.1, -0.05) is 41.7 Å². The van der Waals surface area contributed by atoms with Crippen LogP contribution < -0.4 is 10.1 Å². The van der Waals surface area contributed by atoms with Crippen LogP contribution in [0.15, 0.2) is 54.9 Å². The number of aromatic nitrogens is 5. The van der Waals surface area contributed by atoms with Crippen molar-refractivity contribution in [1.29, 1.82) is 0 Å². The molecule has 140 valence electrons. The molecule has 0 atom stereocenters. The van der Waals surface area contributed by atoms with Gasteiger partial charge in [-0.25, -0.2) is 9.97 Å². The van der Waals surface area contributed by atoms with Gasteiger partial charge in [0.1, 0.15) is 0 Å². The topological polar surface area (TPSA) is 94.8 Å². The number of nitrogens with one attached hydrogen (secondary N) is 1. The minimum Gasteiger partial charge on any atom is -0.480 e. The van der Waals surface area contributed by atoms with Crippen LogP contribution in [0.2, 0.25) is 0 Å². The summed E-state index contributed by atoms with van der Waals surface area (Å²) in [5.74, 6) is 0.727. The van der Waals surface area contributed by atoms with Gasteiger partial charge in [-0.05, 0) is 6.07 Å². The number of imidazole rings is 1. The number of rotatable bonds is 5. The zero-order chi connectivity index (χ0) is 19.5. The fourth-order valence-corrected chi connectivity index (χ4v) is 3.63. The first-order valence-corrected chi connectivity index (χ1v) is 9.20. The minimum absolute atomic E-state index is 0.177. The summed E-state index contributed by atoms with van der Waals surface area (Å²) in [5.41, 5.74) is 1.88. The van der Waals surface area contributed by atoms with Crippen LogP contribution in [-0.4, -0.2) is 37.7 Å². The molecular weight excluding hydrogens is 376 g/mol. The molecule has 0 unspecified atom stereocenters.